The lowest BCUT2D eigenvalue weighted by molar-refractivity contribution is -0.214. The summed E-state index contributed by atoms with van der Waals surface area (Å²) < 4.78 is 12.0. The summed E-state index contributed by atoms with van der Waals surface area (Å²) in [5.74, 6) is -2.46. The standard InChI is InChI=1S/C6H12FNO2/c7-3-5-4-8-2-1-6(5,9)10/h5,8-10H,1-4H2. The van der Waals surface area contributed by atoms with Crippen LogP contribution in [0.3, 0.4) is 0 Å². The monoisotopic (exact) mass is 149 g/mol. The third-order valence-electron chi connectivity index (χ3n) is 1.90. The van der Waals surface area contributed by atoms with Crippen LogP contribution in [-0.4, -0.2) is 35.8 Å². The molecule has 1 unspecified atom stereocenters. The first-order valence-corrected chi connectivity index (χ1v) is 3.38. The molecule has 0 aliphatic carbocycles. The molecule has 1 rings (SSSR count). The number of alkyl halides is 1. The van der Waals surface area contributed by atoms with Gasteiger partial charge < -0.3 is 15.5 Å². The fourth-order valence-corrected chi connectivity index (χ4v) is 1.09. The molecule has 60 valence electrons. The summed E-state index contributed by atoms with van der Waals surface area (Å²) in [6.45, 7) is 0.215. The largest absolute Gasteiger partial charge is 0.365 e. The zero-order valence-corrected chi connectivity index (χ0v) is 5.68. The summed E-state index contributed by atoms with van der Waals surface area (Å²) in [5, 5.41) is 21.1. The van der Waals surface area contributed by atoms with Gasteiger partial charge in [-0.2, -0.15) is 0 Å². The van der Waals surface area contributed by atoms with Crippen molar-refractivity contribution in [3.8, 4) is 0 Å². The molecule has 1 heterocycles. The van der Waals surface area contributed by atoms with Crippen LogP contribution in [-0.2, 0) is 0 Å². The first kappa shape index (κ1) is 7.91. The Morgan fingerprint density at radius 3 is 2.70 bits per heavy atom. The quantitative estimate of drug-likeness (QED) is 0.430. The van der Waals surface area contributed by atoms with Crippen molar-refractivity contribution in [3.05, 3.63) is 0 Å². The van der Waals surface area contributed by atoms with Crippen molar-refractivity contribution < 1.29 is 14.6 Å². The minimum atomic E-state index is -1.79. The van der Waals surface area contributed by atoms with Crippen LogP contribution in [0.1, 0.15) is 6.42 Å². The van der Waals surface area contributed by atoms with Gasteiger partial charge in [-0.05, 0) is 0 Å². The minimum absolute atomic E-state index is 0.210. The SMILES string of the molecule is OC1(O)CCNCC1CF. The van der Waals surface area contributed by atoms with E-state index in [1.807, 2.05) is 0 Å². The summed E-state index contributed by atoms with van der Waals surface area (Å²) in [6, 6.07) is 0. The van der Waals surface area contributed by atoms with E-state index in [-0.39, 0.29) is 6.42 Å². The molecule has 0 saturated carbocycles. The van der Waals surface area contributed by atoms with Gasteiger partial charge in [0.2, 0.25) is 0 Å². The van der Waals surface area contributed by atoms with E-state index in [4.69, 9.17) is 10.2 Å². The van der Waals surface area contributed by atoms with Gasteiger partial charge in [0.05, 0.1) is 12.6 Å². The smallest absolute Gasteiger partial charge is 0.170 e. The number of hydrogen-bond donors (Lipinski definition) is 3. The average Bonchev–Trinajstić information content (AvgIpc) is 1.87. The van der Waals surface area contributed by atoms with Crippen molar-refractivity contribution >= 4 is 0 Å². The summed E-state index contributed by atoms with van der Waals surface area (Å²) in [5.41, 5.74) is 0. The first-order valence-electron chi connectivity index (χ1n) is 3.38. The molecule has 0 amide bonds. The van der Waals surface area contributed by atoms with E-state index in [0.29, 0.717) is 13.1 Å². The third-order valence-corrected chi connectivity index (χ3v) is 1.90. The molecule has 1 aliphatic rings. The number of aliphatic hydroxyl groups is 2. The van der Waals surface area contributed by atoms with Crippen LogP contribution < -0.4 is 5.32 Å². The van der Waals surface area contributed by atoms with Gasteiger partial charge >= 0.3 is 0 Å². The summed E-state index contributed by atoms with van der Waals surface area (Å²) in [6.07, 6.45) is 0.210. The lowest BCUT2D eigenvalue weighted by Crippen LogP contribution is -2.51. The maximum atomic E-state index is 12.0. The van der Waals surface area contributed by atoms with E-state index in [1.54, 1.807) is 0 Å². The van der Waals surface area contributed by atoms with Crippen molar-refractivity contribution in [1.82, 2.24) is 5.32 Å². The van der Waals surface area contributed by atoms with Crippen molar-refractivity contribution in [2.75, 3.05) is 19.8 Å². The van der Waals surface area contributed by atoms with E-state index in [0.717, 1.165) is 0 Å². The predicted octanol–water partition coefficient (Wildman–Crippen LogP) is -0.754. The molecule has 0 aromatic carbocycles. The molecule has 1 fully saturated rings. The lowest BCUT2D eigenvalue weighted by atomic mass is 9.93. The van der Waals surface area contributed by atoms with Crippen molar-refractivity contribution in [2.45, 2.75) is 12.2 Å². The maximum Gasteiger partial charge on any atom is 0.170 e. The van der Waals surface area contributed by atoms with Crippen LogP contribution in [0.5, 0.6) is 0 Å². The molecule has 0 bridgehead atoms. The molecule has 3 nitrogen and oxygen atoms in total. The van der Waals surface area contributed by atoms with Gasteiger partial charge in [-0.1, -0.05) is 0 Å². The van der Waals surface area contributed by atoms with Gasteiger partial charge in [-0.3, -0.25) is 4.39 Å². The Kier molecular flexibility index (Phi) is 2.23. The van der Waals surface area contributed by atoms with Crippen molar-refractivity contribution in [1.29, 1.82) is 0 Å². The first-order chi connectivity index (χ1) is 4.67. The molecular formula is C6H12FNO2. The lowest BCUT2D eigenvalue weighted by Gasteiger charge is -2.33. The molecule has 1 aliphatic heterocycles. The Bertz CT molecular complexity index is 118. The fourth-order valence-electron chi connectivity index (χ4n) is 1.09. The van der Waals surface area contributed by atoms with E-state index in [9.17, 15) is 4.39 Å². The molecule has 4 heteroatoms. The van der Waals surface area contributed by atoms with Crippen molar-refractivity contribution in [2.24, 2.45) is 5.92 Å². The number of halogens is 1. The van der Waals surface area contributed by atoms with Crippen LogP contribution in [0.4, 0.5) is 4.39 Å². The van der Waals surface area contributed by atoms with Gasteiger partial charge in [0.25, 0.3) is 0 Å². The second-order valence-corrected chi connectivity index (χ2v) is 2.68. The second kappa shape index (κ2) is 2.82. The molecule has 1 atom stereocenters. The van der Waals surface area contributed by atoms with Crippen molar-refractivity contribution in [3.63, 3.8) is 0 Å². The molecule has 0 radical (unpaired) electrons. The maximum absolute atomic E-state index is 12.0. The summed E-state index contributed by atoms with van der Waals surface area (Å²) in [7, 11) is 0. The van der Waals surface area contributed by atoms with Crippen LogP contribution in [0.15, 0.2) is 0 Å². The van der Waals surface area contributed by atoms with Gasteiger partial charge in [-0.15, -0.1) is 0 Å². The highest BCUT2D eigenvalue weighted by Gasteiger charge is 2.36. The normalized spacial score (nSPS) is 32.1. The van der Waals surface area contributed by atoms with E-state index < -0.39 is 18.4 Å². The zero-order chi connectivity index (χ0) is 7.61. The predicted molar refractivity (Wildman–Crippen MR) is 34.1 cm³/mol. The highest BCUT2D eigenvalue weighted by molar-refractivity contribution is 4.82. The number of hydrogen-bond acceptors (Lipinski definition) is 3. The Balaban J connectivity index is 2.51. The topological polar surface area (TPSA) is 52.5 Å². The number of piperidine rings is 1. The molecule has 0 spiro atoms. The van der Waals surface area contributed by atoms with Gasteiger partial charge in [0.15, 0.2) is 5.79 Å². The summed E-state index contributed by atoms with van der Waals surface area (Å²) in [4.78, 5) is 0. The van der Waals surface area contributed by atoms with Crippen LogP contribution in [0.2, 0.25) is 0 Å². The summed E-state index contributed by atoms with van der Waals surface area (Å²) >= 11 is 0. The third kappa shape index (κ3) is 1.45. The Morgan fingerprint density at radius 1 is 1.60 bits per heavy atom. The number of nitrogens with one attached hydrogen (secondary N) is 1. The van der Waals surface area contributed by atoms with Crippen LogP contribution in [0.25, 0.3) is 0 Å². The molecule has 1 saturated heterocycles. The highest BCUT2D eigenvalue weighted by Crippen LogP contribution is 2.21. The van der Waals surface area contributed by atoms with Gasteiger partial charge in [0, 0.05) is 19.5 Å². The average molecular weight is 149 g/mol. The Hall–Kier alpha value is -0.190. The molecule has 10 heavy (non-hydrogen) atoms. The van der Waals surface area contributed by atoms with E-state index in [1.165, 1.54) is 0 Å². The van der Waals surface area contributed by atoms with Crippen LogP contribution >= 0.6 is 0 Å². The van der Waals surface area contributed by atoms with Gasteiger partial charge in [-0.25, -0.2) is 0 Å². The van der Waals surface area contributed by atoms with Crippen LogP contribution in [0, 0.1) is 5.92 Å². The molecular weight excluding hydrogens is 137 g/mol. The highest BCUT2D eigenvalue weighted by atomic mass is 19.1. The molecule has 3 N–H and O–H groups in total. The van der Waals surface area contributed by atoms with E-state index >= 15 is 0 Å². The Morgan fingerprint density at radius 2 is 2.30 bits per heavy atom. The molecule has 0 aromatic heterocycles. The van der Waals surface area contributed by atoms with Gasteiger partial charge in [0.1, 0.15) is 0 Å². The van der Waals surface area contributed by atoms with E-state index in [2.05, 4.69) is 5.32 Å². The zero-order valence-electron chi connectivity index (χ0n) is 5.68. The Labute approximate surface area is 58.9 Å². The number of rotatable bonds is 1. The fraction of sp³-hybridized carbons (Fsp3) is 1.00. The minimum Gasteiger partial charge on any atom is -0.365 e. The second-order valence-electron chi connectivity index (χ2n) is 2.68. The molecule has 0 aromatic rings.